The van der Waals surface area contributed by atoms with Crippen LogP contribution in [0.1, 0.15) is 67.2 Å². The number of carboxylic acids is 1. The number of aromatic nitrogens is 2. The number of nitrogens with one attached hydrogen (secondary N) is 1. The summed E-state index contributed by atoms with van der Waals surface area (Å²) in [5.74, 6) is -0.787. The quantitative estimate of drug-likeness (QED) is 0.464. The van der Waals surface area contributed by atoms with Gasteiger partial charge in [0.05, 0.1) is 5.69 Å². The lowest BCUT2D eigenvalue weighted by Crippen LogP contribution is -2.43. The van der Waals surface area contributed by atoms with E-state index in [1.54, 1.807) is 48.5 Å². The van der Waals surface area contributed by atoms with Gasteiger partial charge in [0, 0.05) is 29.4 Å². The predicted molar refractivity (Wildman–Crippen MR) is 139 cm³/mol. The van der Waals surface area contributed by atoms with Gasteiger partial charge in [0.25, 0.3) is 5.91 Å². The van der Waals surface area contributed by atoms with E-state index in [1.807, 2.05) is 19.9 Å². The number of hydrogen-bond donors (Lipinski definition) is 2. The molecule has 0 spiro atoms. The highest BCUT2D eigenvalue weighted by Crippen LogP contribution is 2.32. The van der Waals surface area contributed by atoms with Gasteiger partial charge in [-0.05, 0) is 81.8 Å². The van der Waals surface area contributed by atoms with Crippen LogP contribution in [-0.4, -0.2) is 38.7 Å². The van der Waals surface area contributed by atoms with Crippen LogP contribution >= 0.6 is 0 Å². The SMILES string of the molecule is CC(C)N(c1nn(-c2ccc(NC(=O)c3ccccc3)cc2)cc1C(=O)O)C(=O)[C@H]1CC[C@H](C)CC1. The molecule has 0 aliphatic heterocycles. The van der Waals surface area contributed by atoms with Gasteiger partial charge in [-0.2, -0.15) is 0 Å². The number of aromatic carboxylic acids is 1. The van der Waals surface area contributed by atoms with Crippen LogP contribution in [0.25, 0.3) is 5.69 Å². The fourth-order valence-corrected chi connectivity index (χ4v) is 4.62. The lowest BCUT2D eigenvalue weighted by atomic mass is 9.82. The Kier molecular flexibility index (Phi) is 7.52. The third-order valence-corrected chi connectivity index (χ3v) is 6.70. The van der Waals surface area contributed by atoms with Crippen molar-refractivity contribution < 1.29 is 19.5 Å². The van der Waals surface area contributed by atoms with Crippen molar-refractivity contribution in [1.29, 1.82) is 0 Å². The standard InChI is InChI=1S/C28H32N4O4/c1-18(2)32(27(34)21-11-9-19(3)10-12-21)25-24(28(35)36)17-31(30-25)23-15-13-22(14-16-23)29-26(33)20-7-5-4-6-8-20/h4-8,13-19,21H,9-12H2,1-3H3,(H,29,33)(H,35,36)/t19-,21-. The molecule has 0 radical (unpaired) electrons. The van der Waals surface area contributed by atoms with Gasteiger partial charge in [-0.3, -0.25) is 14.5 Å². The van der Waals surface area contributed by atoms with E-state index in [-0.39, 0.29) is 35.2 Å². The third-order valence-electron chi connectivity index (χ3n) is 6.70. The van der Waals surface area contributed by atoms with Crippen LogP contribution in [0.3, 0.4) is 0 Å². The Morgan fingerprint density at radius 1 is 1.00 bits per heavy atom. The molecule has 1 aliphatic rings. The van der Waals surface area contributed by atoms with E-state index < -0.39 is 5.97 Å². The topological polar surface area (TPSA) is 105 Å². The average Bonchev–Trinajstić information content (AvgIpc) is 3.30. The minimum absolute atomic E-state index is 0.0253. The molecule has 188 valence electrons. The molecule has 2 amide bonds. The van der Waals surface area contributed by atoms with Crippen LogP contribution in [0.15, 0.2) is 60.8 Å². The van der Waals surface area contributed by atoms with Crippen LogP contribution in [0.2, 0.25) is 0 Å². The Bertz CT molecular complexity index is 1230. The molecule has 1 fully saturated rings. The van der Waals surface area contributed by atoms with Crippen LogP contribution < -0.4 is 10.2 Å². The zero-order valence-corrected chi connectivity index (χ0v) is 20.8. The molecule has 1 aliphatic carbocycles. The third kappa shape index (κ3) is 5.48. The first kappa shape index (κ1) is 25.2. The summed E-state index contributed by atoms with van der Waals surface area (Å²) < 4.78 is 1.47. The molecule has 2 N–H and O–H groups in total. The van der Waals surface area contributed by atoms with Crippen LogP contribution in [0, 0.1) is 11.8 Å². The summed E-state index contributed by atoms with van der Waals surface area (Å²) >= 11 is 0. The van der Waals surface area contributed by atoms with Crippen molar-refractivity contribution in [2.45, 2.75) is 52.5 Å². The monoisotopic (exact) mass is 488 g/mol. The largest absolute Gasteiger partial charge is 0.477 e. The number of nitrogens with zero attached hydrogens (tertiary/aromatic N) is 3. The molecule has 3 aromatic rings. The fraction of sp³-hybridized carbons (Fsp3) is 0.357. The van der Waals surface area contributed by atoms with Gasteiger partial charge < -0.3 is 10.4 Å². The molecule has 8 heteroatoms. The molecule has 1 saturated carbocycles. The summed E-state index contributed by atoms with van der Waals surface area (Å²) in [7, 11) is 0. The van der Waals surface area contributed by atoms with E-state index in [1.165, 1.54) is 15.8 Å². The Morgan fingerprint density at radius 2 is 1.64 bits per heavy atom. The zero-order chi connectivity index (χ0) is 25.8. The van der Waals surface area contributed by atoms with Crippen LogP contribution in [0.5, 0.6) is 0 Å². The first-order valence-electron chi connectivity index (χ1n) is 12.4. The number of hydrogen-bond acceptors (Lipinski definition) is 4. The summed E-state index contributed by atoms with van der Waals surface area (Å²) in [5.41, 5.74) is 1.74. The summed E-state index contributed by atoms with van der Waals surface area (Å²) in [6.45, 7) is 5.94. The highest BCUT2D eigenvalue weighted by atomic mass is 16.4. The van der Waals surface area contributed by atoms with Gasteiger partial charge >= 0.3 is 5.97 Å². The molecule has 1 aromatic heterocycles. The Balaban J connectivity index is 1.58. The van der Waals surface area contributed by atoms with Gasteiger partial charge in [0.15, 0.2) is 5.82 Å². The normalized spacial score (nSPS) is 17.6. The minimum atomic E-state index is -1.14. The number of carbonyl (C=O) groups is 3. The minimum Gasteiger partial charge on any atom is -0.477 e. The van der Waals surface area contributed by atoms with Crippen LogP contribution in [0.4, 0.5) is 11.5 Å². The fourth-order valence-electron chi connectivity index (χ4n) is 4.62. The van der Waals surface area contributed by atoms with Gasteiger partial charge in [0.1, 0.15) is 5.56 Å². The number of rotatable bonds is 7. The van der Waals surface area contributed by atoms with Gasteiger partial charge in [0.2, 0.25) is 5.91 Å². The van der Waals surface area contributed by atoms with Crippen molar-refractivity contribution in [2.75, 3.05) is 10.2 Å². The van der Waals surface area contributed by atoms with E-state index in [9.17, 15) is 19.5 Å². The molecular formula is C28H32N4O4. The second kappa shape index (κ2) is 10.8. The van der Waals surface area contributed by atoms with E-state index in [0.717, 1.165) is 25.7 Å². The highest BCUT2D eigenvalue weighted by Gasteiger charge is 2.34. The van der Waals surface area contributed by atoms with Gasteiger partial charge in [-0.15, -0.1) is 5.10 Å². The van der Waals surface area contributed by atoms with E-state index >= 15 is 0 Å². The van der Waals surface area contributed by atoms with Gasteiger partial charge in [-0.1, -0.05) is 25.1 Å². The molecule has 36 heavy (non-hydrogen) atoms. The van der Waals surface area contributed by atoms with Crippen molar-refractivity contribution in [3.05, 3.63) is 71.9 Å². The van der Waals surface area contributed by atoms with Crippen molar-refractivity contribution in [3.63, 3.8) is 0 Å². The Labute approximate surface area is 210 Å². The first-order valence-corrected chi connectivity index (χ1v) is 12.4. The lowest BCUT2D eigenvalue weighted by Gasteiger charge is -2.32. The molecule has 8 nitrogen and oxygen atoms in total. The first-order chi connectivity index (χ1) is 17.2. The van der Waals surface area contributed by atoms with Crippen molar-refractivity contribution in [3.8, 4) is 5.69 Å². The average molecular weight is 489 g/mol. The van der Waals surface area contributed by atoms with E-state index in [0.29, 0.717) is 22.9 Å². The Hall–Kier alpha value is -3.94. The maximum Gasteiger partial charge on any atom is 0.341 e. The summed E-state index contributed by atoms with van der Waals surface area (Å²) in [5, 5.41) is 17.3. The zero-order valence-electron chi connectivity index (χ0n) is 20.8. The van der Waals surface area contributed by atoms with Crippen LogP contribution in [-0.2, 0) is 4.79 Å². The second-order valence-electron chi connectivity index (χ2n) is 9.74. The molecular weight excluding hydrogens is 456 g/mol. The molecule has 0 unspecified atom stereocenters. The van der Waals surface area contributed by atoms with Crippen molar-refractivity contribution in [1.82, 2.24) is 9.78 Å². The predicted octanol–water partition coefficient (Wildman–Crippen LogP) is 5.39. The van der Waals surface area contributed by atoms with Crippen molar-refractivity contribution >= 4 is 29.3 Å². The molecule has 0 atom stereocenters. The number of anilines is 2. The number of amides is 2. The summed E-state index contributed by atoms with van der Waals surface area (Å²) in [6.07, 6.45) is 5.04. The molecule has 4 rings (SSSR count). The molecule has 2 aromatic carbocycles. The second-order valence-corrected chi connectivity index (χ2v) is 9.74. The molecule has 1 heterocycles. The van der Waals surface area contributed by atoms with E-state index in [2.05, 4.69) is 17.3 Å². The molecule has 0 saturated heterocycles. The molecule has 0 bridgehead atoms. The van der Waals surface area contributed by atoms with Crippen molar-refractivity contribution in [2.24, 2.45) is 11.8 Å². The summed E-state index contributed by atoms with van der Waals surface area (Å²) in [6, 6.07) is 15.6. The number of carbonyl (C=O) groups excluding carboxylic acids is 2. The number of carboxylic acid groups (broad SMARTS) is 1. The number of benzene rings is 2. The maximum atomic E-state index is 13.5. The van der Waals surface area contributed by atoms with E-state index in [4.69, 9.17) is 0 Å². The maximum absolute atomic E-state index is 13.5. The highest BCUT2D eigenvalue weighted by molar-refractivity contribution is 6.04. The smallest absolute Gasteiger partial charge is 0.341 e. The lowest BCUT2D eigenvalue weighted by molar-refractivity contribution is -0.124. The Morgan fingerprint density at radius 3 is 2.22 bits per heavy atom. The van der Waals surface area contributed by atoms with Gasteiger partial charge in [-0.25, -0.2) is 9.48 Å². The summed E-state index contributed by atoms with van der Waals surface area (Å²) in [4.78, 5) is 39.5.